The predicted octanol–water partition coefficient (Wildman–Crippen LogP) is 3.27. The van der Waals surface area contributed by atoms with E-state index in [0.717, 1.165) is 16.3 Å². The Morgan fingerprint density at radius 3 is 2.90 bits per heavy atom. The summed E-state index contributed by atoms with van der Waals surface area (Å²) in [5.41, 5.74) is 1.52. The molecule has 0 bridgehead atoms. The average Bonchev–Trinajstić information content (AvgIpc) is 3.04. The van der Waals surface area contributed by atoms with Crippen LogP contribution in [0.3, 0.4) is 0 Å². The number of hydrogen-bond acceptors (Lipinski definition) is 4. The lowest BCUT2D eigenvalue weighted by molar-refractivity contribution is 0.0946. The summed E-state index contributed by atoms with van der Waals surface area (Å²) in [6.07, 6.45) is 0. The van der Waals surface area contributed by atoms with E-state index in [-0.39, 0.29) is 5.91 Å². The second-order valence-electron chi connectivity index (χ2n) is 4.64. The van der Waals surface area contributed by atoms with Crippen LogP contribution in [-0.2, 0) is 6.54 Å². The van der Waals surface area contributed by atoms with Gasteiger partial charge in [0, 0.05) is 19.0 Å². The highest BCUT2D eigenvalue weighted by atomic mass is 32.1. The van der Waals surface area contributed by atoms with Gasteiger partial charge in [0.2, 0.25) is 0 Å². The third-order valence-corrected chi connectivity index (χ3v) is 3.98. The van der Waals surface area contributed by atoms with E-state index >= 15 is 0 Å². The highest BCUT2D eigenvalue weighted by molar-refractivity contribution is 7.07. The molecular formula is C16H15N3OS. The number of amides is 1. The van der Waals surface area contributed by atoms with Crippen LogP contribution in [0.5, 0.6) is 0 Å². The fraction of sp³-hybridized carbons (Fsp3) is 0.125. The molecule has 0 spiro atoms. The third-order valence-electron chi connectivity index (χ3n) is 3.24. The Balaban J connectivity index is 1.87. The quantitative estimate of drug-likeness (QED) is 0.777. The van der Waals surface area contributed by atoms with Crippen LogP contribution in [0.15, 0.2) is 47.2 Å². The molecule has 0 unspecified atom stereocenters. The van der Waals surface area contributed by atoms with Crippen molar-refractivity contribution in [2.75, 3.05) is 12.4 Å². The van der Waals surface area contributed by atoms with Gasteiger partial charge in [-0.3, -0.25) is 4.79 Å². The molecule has 2 aromatic heterocycles. The normalized spacial score (nSPS) is 10.5. The van der Waals surface area contributed by atoms with Gasteiger partial charge in [0.05, 0.1) is 0 Å². The number of nitrogens with one attached hydrogen (secondary N) is 2. The number of thiophene rings is 1. The maximum absolute atomic E-state index is 12.3. The molecule has 0 aliphatic carbocycles. The van der Waals surface area contributed by atoms with Gasteiger partial charge in [-0.05, 0) is 33.8 Å². The Morgan fingerprint density at radius 1 is 1.29 bits per heavy atom. The first-order chi connectivity index (χ1) is 10.3. The van der Waals surface area contributed by atoms with E-state index in [2.05, 4.69) is 15.6 Å². The van der Waals surface area contributed by atoms with Gasteiger partial charge in [-0.15, -0.1) is 0 Å². The Hall–Kier alpha value is -2.40. The van der Waals surface area contributed by atoms with E-state index in [1.165, 1.54) is 0 Å². The largest absolute Gasteiger partial charge is 0.373 e. The van der Waals surface area contributed by atoms with Crippen molar-refractivity contribution >= 4 is 33.8 Å². The zero-order chi connectivity index (χ0) is 14.7. The van der Waals surface area contributed by atoms with Crippen molar-refractivity contribution < 1.29 is 4.79 Å². The summed E-state index contributed by atoms with van der Waals surface area (Å²) >= 11 is 1.62. The van der Waals surface area contributed by atoms with E-state index in [0.29, 0.717) is 18.1 Å². The lowest BCUT2D eigenvalue weighted by Gasteiger charge is -2.09. The molecule has 1 aromatic carbocycles. The van der Waals surface area contributed by atoms with Gasteiger partial charge < -0.3 is 10.6 Å². The zero-order valence-electron chi connectivity index (χ0n) is 11.6. The van der Waals surface area contributed by atoms with Crippen LogP contribution in [-0.4, -0.2) is 17.9 Å². The third kappa shape index (κ3) is 2.87. The molecule has 3 aromatic rings. The molecule has 1 amide bonds. The number of benzene rings is 1. The van der Waals surface area contributed by atoms with E-state index in [9.17, 15) is 4.79 Å². The van der Waals surface area contributed by atoms with E-state index in [1.807, 2.05) is 54.2 Å². The van der Waals surface area contributed by atoms with Crippen molar-refractivity contribution in [3.05, 3.63) is 58.4 Å². The molecule has 5 heteroatoms. The molecule has 0 atom stereocenters. The van der Waals surface area contributed by atoms with Crippen molar-refractivity contribution in [1.29, 1.82) is 0 Å². The topological polar surface area (TPSA) is 54.0 Å². The molecule has 0 aliphatic rings. The van der Waals surface area contributed by atoms with Gasteiger partial charge in [-0.25, -0.2) is 4.98 Å². The standard InChI is InChI=1S/C16H15N3OS/c1-17-15-13-5-3-2-4-12(13)8-14(19-15)16(20)18-9-11-6-7-21-10-11/h2-8,10H,9H2,1H3,(H,17,19)(H,18,20). The van der Waals surface area contributed by atoms with E-state index < -0.39 is 0 Å². The van der Waals surface area contributed by atoms with Gasteiger partial charge in [0.25, 0.3) is 5.91 Å². The van der Waals surface area contributed by atoms with Crippen LogP contribution in [0, 0.1) is 0 Å². The van der Waals surface area contributed by atoms with Gasteiger partial charge in [0.15, 0.2) is 0 Å². The molecule has 2 heterocycles. The monoisotopic (exact) mass is 297 g/mol. The highest BCUT2D eigenvalue weighted by Gasteiger charge is 2.11. The maximum Gasteiger partial charge on any atom is 0.270 e. The molecule has 0 saturated heterocycles. The van der Waals surface area contributed by atoms with Crippen LogP contribution >= 0.6 is 11.3 Å². The van der Waals surface area contributed by atoms with Crippen LogP contribution in [0.25, 0.3) is 10.8 Å². The number of aromatic nitrogens is 1. The first-order valence-corrected chi connectivity index (χ1v) is 7.59. The minimum Gasteiger partial charge on any atom is -0.373 e. The van der Waals surface area contributed by atoms with Crippen LogP contribution < -0.4 is 10.6 Å². The number of fused-ring (bicyclic) bond motifs is 1. The van der Waals surface area contributed by atoms with Gasteiger partial charge in [-0.2, -0.15) is 11.3 Å². The predicted molar refractivity (Wildman–Crippen MR) is 86.8 cm³/mol. The number of carbonyl (C=O) groups excluding carboxylic acids is 1. The summed E-state index contributed by atoms with van der Waals surface area (Å²) in [5.74, 6) is 0.553. The van der Waals surface area contributed by atoms with Gasteiger partial charge in [0.1, 0.15) is 11.5 Å². The van der Waals surface area contributed by atoms with E-state index in [1.54, 1.807) is 11.3 Å². The van der Waals surface area contributed by atoms with Crippen LogP contribution in [0.4, 0.5) is 5.82 Å². The lowest BCUT2D eigenvalue weighted by atomic mass is 10.1. The average molecular weight is 297 g/mol. The number of nitrogens with zero attached hydrogens (tertiary/aromatic N) is 1. The second kappa shape index (κ2) is 5.93. The summed E-state index contributed by atoms with van der Waals surface area (Å²) < 4.78 is 0. The number of rotatable bonds is 4. The van der Waals surface area contributed by atoms with Crippen molar-refractivity contribution in [3.8, 4) is 0 Å². The number of pyridine rings is 1. The number of hydrogen-bond donors (Lipinski definition) is 2. The summed E-state index contributed by atoms with van der Waals surface area (Å²) in [7, 11) is 1.81. The Labute approximate surface area is 126 Å². The molecule has 21 heavy (non-hydrogen) atoms. The van der Waals surface area contributed by atoms with Gasteiger partial charge in [-0.1, -0.05) is 24.3 Å². The SMILES string of the molecule is CNc1nc(C(=O)NCc2ccsc2)cc2ccccc12. The fourth-order valence-corrected chi connectivity index (χ4v) is 2.84. The Morgan fingerprint density at radius 2 is 2.14 bits per heavy atom. The molecule has 0 fully saturated rings. The Kier molecular flexibility index (Phi) is 3.83. The lowest BCUT2D eigenvalue weighted by Crippen LogP contribution is -2.23. The summed E-state index contributed by atoms with van der Waals surface area (Å²) in [6.45, 7) is 0.520. The number of anilines is 1. The molecule has 0 saturated carbocycles. The summed E-state index contributed by atoms with van der Waals surface area (Å²) in [6, 6.07) is 11.7. The van der Waals surface area contributed by atoms with Gasteiger partial charge >= 0.3 is 0 Å². The minimum atomic E-state index is -0.163. The summed E-state index contributed by atoms with van der Waals surface area (Å²) in [5, 5.41) is 12.0. The van der Waals surface area contributed by atoms with Crippen molar-refractivity contribution in [3.63, 3.8) is 0 Å². The molecule has 4 nitrogen and oxygen atoms in total. The molecule has 3 rings (SSSR count). The fourth-order valence-electron chi connectivity index (χ4n) is 2.17. The maximum atomic E-state index is 12.3. The van der Waals surface area contributed by atoms with Crippen LogP contribution in [0.1, 0.15) is 16.1 Å². The molecular weight excluding hydrogens is 282 g/mol. The first kappa shape index (κ1) is 13.6. The molecule has 0 radical (unpaired) electrons. The van der Waals surface area contributed by atoms with Crippen LogP contribution in [0.2, 0.25) is 0 Å². The van der Waals surface area contributed by atoms with Crippen molar-refractivity contribution in [2.45, 2.75) is 6.54 Å². The second-order valence-corrected chi connectivity index (χ2v) is 5.42. The van der Waals surface area contributed by atoms with Crippen molar-refractivity contribution in [1.82, 2.24) is 10.3 Å². The van der Waals surface area contributed by atoms with Crippen molar-refractivity contribution in [2.24, 2.45) is 0 Å². The number of carbonyl (C=O) groups is 1. The smallest absolute Gasteiger partial charge is 0.270 e. The molecule has 0 aliphatic heterocycles. The molecule has 106 valence electrons. The summed E-state index contributed by atoms with van der Waals surface area (Å²) in [4.78, 5) is 16.7. The minimum absolute atomic E-state index is 0.163. The Bertz CT molecular complexity index is 768. The highest BCUT2D eigenvalue weighted by Crippen LogP contribution is 2.22. The van der Waals surface area contributed by atoms with E-state index in [4.69, 9.17) is 0 Å². The first-order valence-electron chi connectivity index (χ1n) is 6.65. The zero-order valence-corrected chi connectivity index (χ0v) is 12.4. The molecule has 2 N–H and O–H groups in total.